The van der Waals surface area contributed by atoms with Crippen molar-refractivity contribution in [3.05, 3.63) is 46.4 Å². The number of nitroso groups, excluding NO2 is 1. The Kier molecular flexibility index (Phi) is 10.2. The van der Waals surface area contributed by atoms with E-state index in [2.05, 4.69) is 41.3 Å². The number of benzene rings is 1. The van der Waals surface area contributed by atoms with E-state index in [0.717, 1.165) is 30.6 Å². The Morgan fingerprint density at radius 2 is 2.18 bits per heavy atom. The second kappa shape index (κ2) is 13.3. The Hall–Kier alpha value is -2.65. The number of nitrogens with zero attached hydrogens (tertiary/aromatic N) is 1. The van der Waals surface area contributed by atoms with Gasteiger partial charge in [-0.15, -0.1) is 11.8 Å². The third-order valence-corrected chi connectivity index (χ3v) is 6.87. The van der Waals surface area contributed by atoms with Crippen LogP contribution in [-0.2, 0) is 16.0 Å². The van der Waals surface area contributed by atoms with Gasteiger partial charge in [-0.2, -0.15) is 4.91 Å². The van der Waals surface area contributed by atoms with Crippen molar-refractivity contribution in [1.82, 2.24) is 0 Å². The van der Waals surface area contributed by atoms with Gasteiger partial charge in [-0.05, 0) is 62.8 Å². The molecule has 3 rings (SSSR count). The van der Waals surface area contributed by atoms with E-state index in [0.29, 0.717) is 50.5 Å². The molecular formula is C28H37NO5. The van der Waals surface area contributed by atoms with Gasteiger partial charge in [0.05, 0.1) is 19.3 Å². The van der Waals surface area contributed by atoms with Crippen molar-refractivity contribution in [3.8, 4) is 17.6 Å². The summed E-state index contributed by atoms with van der Waals surface area (Å²) in [4.78, 5) is 22.0. The molecule has 0 spiro atoms. The first-order valence-corrected chi connectivity index (χ1v) is 12.5. The van der Waals surface area contributed by atoms with Gasteiger partial charge in [0.25, 0.3) is 0 Å². The maximum absolute atomic E-state index is 12.0. The van der Waals surface area contributed by atoms with Gasteiger partial charge in [0.15, 0.2) is 0 Å². The van der Waals surface area contributed by atoms with Crippen LogP contribution >= 0.6 is 0 Å². The highest BCUT2D eigenvalue weighted by Gasteiger charge is 2.44. The second-order valence-electron chi connectivity index (χ2n) is 9.38. The fourth-order valence-corrected chi connectivity index (χ4v) is 4.92. The molecule has 1 aromatic carbocycles. The second-order valence-corrected chi connectivity index (χ2v) is 9.38. The van der Waals surface area contributed by atoms with E-state index in [1.807, 2.05) is 19.9 Å². The zero-order valence-corrected chi connectivity index (χ0v) is 20.4. The average Bonchev–Trinajstić information content (AvgIpc) is 3.41. The van der Waals surface area contributed by atoms with Gasteiger partial charge in [0, 0.05) is 24.3 Å². The van der Waals surface area contributed by atoms with E-state index < -0.39 is 6.10 Å². The van der Waals surface area contributed by atoms with E-state index in [9.17, 15) is 14.8 Å². The topological polar surface area (TPSA) is 85.2 Å². The molecule has 1 aliphatic carbocycles. The molecule has 5 atom stereocenters. The summed E-state index contributed by atoms with van der Waals surface area (Å²) in [7, 11) is 0. The molecule has 0 radical (unpaired) electrons. The summed E-state index contributed by atoms with van der Waals surface area (Å²) in [6, 6.07) is 6.33. The predicted octanol–water partition coefficient (Wildman–Crippen LogP) is 5.32. The number of hydrogen-bond donors (Lipinski definition) is 1. The van der Waals surface area contributed by atoms with Crippen LogP contribution in [0.3, 0.4) is 0 Å². The number of rotatable bonds is 13. The van der Waals surface area contributed by atoms with Crippen molar-refractivity contribution >= 4 is 5.97 Å². The number of ether oxygens (including phenoxy) is 2. The van der Waals surface area contributed by atoms with Crippen LogP contribution in [0.1, 0.15) is 75.8 Å². The van der Waals surface area contributed by atoms with Crippen molar-refractivity contribution in [2.24, 2.45) is 17.0 Å². The number of fused-ring (bicyclic) bond motifs is 3. The molecule has 1 aromatic rings. The molecule has 1 N–H and O–H groups in total. The summed E-state index contributed by atoms with van der Waals surface area (Å²) in [6.07, 6.45) is 9.72. The molecule has 6 heteroatoms. The standard InChI is InChI=1S/C28H37NO5/c1-3-4-9-20(2)24(30)16-14-21-15-17-25-27(21)23-12-7-10-22(28(23)34-25)11-8-13-26(31)33-19-6-5-18-29-32/h7,10,12,14,16,20-21,24-25,27,30H,5-6,8-9,11,13,15,17-19H2,1-2H3/b16-14+. The van der Waals surface area contributed by atoms with Gasteiger partial charge in [-0.3, -0.25) is 4.79 Å². The maximum atomic E-state index is 12.0. The molecular weight excluding hydrogens is 430 g/mol. The highest BCUT2D eigenvalue weighted by atomic mass is 16.5. The fourth-order valence-electron chi connectivity index (χ4n) is 4.92. The molecule has 5 unspecified atom stereocenters. The summed E-state index contributed by atoms with van der Waals surface area (Å²) >= 11 is 0. The number of carbonyl (C=O) groups is 1. The lowest BCUT2D eigenvalue weighted by atomic mass is 9.86. The van der Waals surface area contributed by atoms with Crippen molar-refractivity contribution in [3.63, 3.8) is 0 Å². The van der Waals surface area contributed by atoms with Crippen molar-refractivity contribution in [2.45, 2.75) is 83.3 Å². The SMILES string of the molecule is CC#CCC(C)C(O)/C=C/C1CCC2Oc3c(CCCC(=O)OCCCCN=O)cccc3C12. The highest BCUT2D eigenvalue weighted by molar-refractivity contribution is 5.69. The van der Waals surface area contributed by atoms with Gasteiger partial charge in [-0.1, -0.05) is 42.5 Å². The van der Waals surface area contributed by atoms with Crippen LogP contribution in [0.4, 0.5) is 0 Å². The third-order valence-electron chi connectivity index (χ3n) is 6.87. The van der Waals surface area contributed by atoms with Crippen LogP contribution in [0.5, 0.6) is 5.75 Å². The first-order chi connectivity index (χ1) is 16.5. The van der Waals surface area contributed by atoms with Gasteiger partial charge in [0.2, 0.25) is 0 Å². The molecule has 1 fully saturated rings. The number of unbranched alkanes of at least 4 members (excludes halogenated alkanes) is 1. The fraction of sp³-hybridized carbons (Fsp3) is 0.607. The molecule has 1 saturated carbocycles. The summed E-state index contributed by atoms with van der Waals surface area (Å²) in [5.74, 6) is 7.50. The number of esters is 1. The molecule has 184 valence electrons. The van der Waals surface area contributed by atoms with Crippen molar-refractivity contribution in [1.29, 1.82) is 0 Å². The zero-order valence-electron chi connectivity index (χ0n) is 20.4. The van der Waals surface area contributed by atoms with Gasteiger partial charge < -0.3 is 14.6 Å². The van der Waals surface area contributed by atoms with Gasteiger partial charge in [0.1, 0.15) is 11.9 Å². The lowest BCUT2D eigenvalue weighted by Gasteiger charge is -2.17. The number of aliphatic hydroxyl groups is 1. The number of hydrogen-bond acceptors (Lipinski definition) is 6. The predicted molar refractivity (Wildman–Crippen MR) is 132 cm³/mol. The monoisotopic (exact) mass is 467 g/mol. The van der Waals surface area contributed by atoms with Crippen LogP contribution in [0.25, 0.3) is 0 Å². The Bertz CT molecular complexity index is 915. The normalized spacial score (nSPS) is 22.3. The largest absolute Gasteiger partial charge is 0.489 e. The molecule has 0 aromatic heterocycles. The quantitative estimate of drug-likeness (QED) is 0.140. The smallest absolute Gasteiger partial charge is 0.305 e. The maximum Gasteiger partial charge on any atom is 0.305 e. The van der Waals surface area contributed by atoms with Crippen molar-refractivity contribution in [2.75, 3.05) is 13.2 Å². The number of para-hydroxylation sites is 1. The van der Waals surface area contributed by atoms with E-state index in [1.165, 1.54) is 5.56 Å². The summed E-state index contributed by atoms with van der Waals surface area (Å²) in [5, 5.41) is 13.3. The number of aliphatic hydroxyl groups excluding tert-OH is 1. The van der Waals surface area contributed by atoms with E-state index in [-0.39, 0.29) is 24.5 Å². The molecule has 0 saturated heterocycles. The van der Waals surface area contributed by atoms with Crippen LogP contribution in [0, 0.1) is 28.6 Å². The summed E-state index contributed by atoms with van der Waals surface area (Å²) in [6.45, 7) is 4.46. The van der Waals surface area contributed by atoms with Crippen LogP contribution in [0.2, 0.25) is 0 Å². The Morgan fingerprint density at radius 3 is 2.97 bits per heavy atom. The number of aryl methyl sites for hydroxylation is 1. The lowest BCUT2D eigenvalue weighted by molar-refractivity contribution is -0.143. The van der Waals surface area contributed by atoms with Gasteiger partial charge in [-0.25, -0.2) is 0 Å². The summed E-state index contributed by atoms with van der Waals surface area (Å²) < 4.78 is 11.6. The number of carbonyl (C=O) groups excluding carboxylic acids is 1. The molecule has 1 aliphatic heterocycles. The summed E-state index contributed by atoms with van der Waals surface area (Å²) in [5.41, 5.74) is 2.40. The van der Waals surface area contributed by atoms with Crippen LogP contribution in [-0.4, -0.2) is 36.4 Å². The first-order valence-electron chi connectivity index (χ1n) is 12.5. The third kappa shape index (κ3) is 6.93. The molecule has 6 nitrogen and oxygen atoms in total. The number of allylic oxidation sites excluding steroid dienone is 1. The van der Waals surface area contributed by atoms with Crippen molar-refractivity contribution < 1.29 is 19.4 Å². The minimum atomic E-state index is -0.491. The minimum absolute atomic E-state index is 0.111. The van der Waals surface area contributed by atoms with E-state index >= 15 is 0 Å². The van der Waals surface area contributed by atoms with Crippen LogP contribution < -0.4 is 4.74 Å². The zero-order chi connectivity index (χ0) is 24.3. The Labute approximate surface area is 203 Å². The molecule has 34 heavy (non-hydrogen) atoms. The van der Waals surface area contributed by atoms with E-state index in [1.54, 1.807) is 0 Å². The Balaban J connectivity index is 1.53. The molecule has 1 heterocycles. The van der Waals surface area contributed by atoms with Gasteiger partial charge >= 0.3 is 5.97 Å². The Morgan fingerprint density at radius 1 is 1.32 bits per heavy atom. The molecule has 2 aliphatic rings. The average molecular weight is 468 g/mol. The first kappa shape index (κ1) is 26.0. The minimum Gasteiger partial charge on any atom is -0.489 e. The van der Waals surface area contributed by atoms with Crippen LogP contribution in [0.15, 0.2) is 35.5 Å². The lowest BCUT2D eigenvalue weighted by Crippen LogP contribution is -2.17. The molecule has 0 bridgehead atoms. The van der Waals surface area contributed by atoms with E-state index in [4.69, 9.17) is 9.47 Å². The highest BCUT2D eigenvalue weighted by Crippen LogP contribution is 2.51. The molecule has 0 amide bonds.